The van der Waals surface area contributed by atoms with Crippen molar-refractivity contribution in [3.8, 4) is 5.75 Å². The van der Waals surface area contributed by atoms with Crippen molar-refractivity contribution in [1.29, 1.82) is 0 Å². The Labute approximate surface area is 83.3 Å². The molecule has 0 spiro atoms. The van der Waals surface area contributed by atoms with Crippen LogP contribution in [0.15, 0.2) is 24.3 Å². The molecule has 0 bridgehead atoms. The van der Waals surface area contributed by atoms with E-state index in [0.717, 1.165) is 25.3 Å². The van der Waals surface area contributed by atoms with E-state index in [1.54, 1.807) is 12.1 Å². The van der Waals surface area contributed by atoms with Gasteiger partial charge in [-0.2, -0.15) is 0 Å². The van der Waals surface area contributed by atoms with Gasteiger partial charge in [-0.1, -0.05) is 0 Å². The first-order valence-corrected chi connectivity index (χ1v) is 4.85. The molecule has 0 radical (unpaired) electrons. The highest BCUT2D eigenvalue weighted by Gasteiger charge is 2.20. The average Bonchev–Trinajstić information content (AvgIpc) is 2.56. The van der Waals surface area contributed by atoms with E-state index in [0.29, 0.717) is 0 Å². The highest BCUT2D eigenvalue weighted by atomic mass is 19.1. The third-order valence-corrected chi connectivity index (χ3v) is 2.46. The normalized spacial score (nSPS) is 22.6. The molecule has 0 N–H and O–H groups in total. The number of halogens is 1. The van der Waals surface area contributed by atoms with E-state index in [2.05, 4.69) is 11.9 Å². The van der Waals surface area contributed by atoms with Crippen molar-refractivity contribution in [3.63, 3.8) is 0 Å². The van der Waals surface area contributed by atoms with Gasteiger partial charge in [0.1, 0.15) is 17.7 Å². The standard InChI is InChI=1S/C11H14FNO/c1-13-7-6-11(8-13)14-10-4-2-9(12)3-5-10/h2-5,11H,6-8H2,1H3/t11-/m0/s1. The maximum absolute atomic E-state index is 12.6. The molecule has 1 aromatic carbocycles. The first-order chi connectivity index (χ1) is 6.74. The molecule has 1 atom stereocenters. The lowest BCUT2D eigenvalue weighted by molar-refractivity contribution is 0.208. The summed E-state index contributed by atoms with van der Waals surface area (Å²) in [4.78, 5) is 2.23. The smallest absolute Gasteiger partial charge is 0.123 e. The SMILES string of the molecule is CN1CC[C@H](Oc2ccc(F)cc2)C1. The van der Waals surface area contributed by atoms with Crippen LogP contribution < -0.4 is 4.74 Å². The minimum atomic E-state index is -0.221. The molecule has 2 nitrogen and oxygen atoms in total. The topological polar surface area (TPSA) is 12.5 Å². The molecule has 0 saturated carbocycles. The van der Waals surface area contributed by atoms with Crippen molar-refractivity contribution >= 4 is 0 Å². The zero-order valence-corrected chi connectivity index (χ0v) is 8.24. The Hall–Kier alpha value is -1.09. The monoisotopic (exact) mass is 195 g/mol. The highest BCUT2D eigenvalue weighted by molar-refractivity contribution is 5.22. The molecular weight excluding hydrogens is 181 g/mol. The third kappa shape index (κ3) is 2.23. The first-order valence-electron chi connectivity index (χ1n) is 4.85. The fourth-order valence-corrected chi connectivity index (χ4v) is 1.70. The predicted molar refractivity (Wildman–Crippen MR) is 52.9 cm³/mol. The number of likely N-dealkylation sites (tertiary alicyclic amines) is 1. The summed E-state index contributed by atoms with van der Waals surface area (Å²) < 4.78 is 18.3. The van der Waals surface area contributed by atoms with Crippen LogP contribution in [-0.2, 0) is 0 Å². The molecule has 2 rings (SSSR count). The second-order valence-corrected chi connectivity index (χ2v) is 3.74. The number of nitrogens with zero attached hydrogens (tertiary/aromatic N) is 1. The van der Waals surface area contributed by atoms with Crippen LogP contribution in [0.25, 0.3) is 0 Å². The summed E-state index contributed by atoms with van der Waals surface area (Å²) in [6.45, 7) is 2.03. The van der Waals surface area contributed by atoms with Crippen molar-refractivity contribution in [2.75, 3.05) is 20.1 Å². The fourth-order valence-electron chi connectivity index (χ4n) is 1.70. The molecular formula is C11H14FNO. The van der Waals surface area contributed by atoms with E-state index in [4.69, 9.17) is 4.74 Å². The number of hydrogen-bond acceptors (Lipinski definition) is 2. The summed E-state index contributed by atoms with van der Waals surface area (Å²) in [5, 5.41) is 0. The number of ether oxygens (including phenoxy) is 1. The molecule has 1 aliphatic rings. The van der Waals surface area contributed by atoms with E-state index in [1.807, 2.05) is 0 Å². The Balaban J connectivity index is 1.94. The van der Waals surface area contributed by atoms with E-state index in [-0.39, 0.29) is 11.9 Å². The van der Waals surface area contributed by atoms with Gasteiger partial charge >= 0.3 is 0 Å². The van der Waals surface area contributed by atoms with Gasteiger partial charge in [0.05, 0.1) is 0 Å². The molecule has 1 saturated heterocycles. The Morgan fingerprint density at radius 1 is 1.36 bits per heavy atom. The van der Waals surface area contributed by atoms with E-state index < -0.39 is 0 Å². The van der Waals surface area contributed by atoms with Crippen LogP contribution >= 0.6 is 0 Å². The molecule has 3 heteroatoms. The second-order valence-electron chi connectivity index (χ2n) is 3.74. The second kappa shape index (κ2) is 3.96. The lowest BCUT2D eigenvalue weighted by Crippen LogP contribution is -2.21. The molecule has 1 heterocycles. The maximum Gasteiger partial charge on any atom is 0.123 e. The first kappa shape index (κ1) is 9.46. The Bertz CT molecular complexity index is 299. The lowest BCUT2D eigenvalue weighted by atomic mass is 10.3. The average molecular weight is 195 g/mol. The van der Waals surface area contributed by atoms with Gasteiger partial charge in [0, 0.05) is 13.1 Å². The van der Waals surface area contributed by atoms with Crippen molar-refractivity contribution in [2.45, 2.75) is 12.5 Å². The zero-order valence-electron chi connectivity index (χ0n) is 8.24. The van der Waals surface area contributed by atoms with Gasteiger partial charge < -0.3 is 9.64 Å². The minimum absolute atomic E-state index is 0.221. The Kier molecular flexibility index (Phi) is 2.68. The Morgan fingerprint density at radius 3 is 2.64 bits per heavy atom. The van der Waals surface area contributed by atoms with Crippen molar-refractivity contribution < 1.29 is 9.13 Å². The summed E-state index contributed by atoms with van der Waals surface area (Å²) >= 11 is 0. The summed E-state index contributed by atoms with van der Waals surface area (Å²) in [6, 6.07) is 6.20. The van der Waals surface area contributed by atoms with Gasteiger partial charge in [-0.3, -0.25) is 0 Å². The van der Waals surface area contributed by atoms with Crippen molar-refractivity contribution in [3.05, 3.63) is 30.1 Å². The van der Waals surface area contributed by atoms with Crippen LogP contribution in [0.5, 0.6) is 5.75 Å². The van der Waals surface area contributed by atoms with Crippen LogP contribution in [0.3, 0.4) is 0 Å². The van der Waals surface area contributed by atoms with E-state index in [9.17, 15) is 4.39 Å². The molecule has 0 aromatic heterocycles. The molecule has 1 aromatic rings. The van der Waals surface area contributed by atoms with Gasteiger partial charge in [-0.25, -0.2) is 4.39 Å². The summed E-state index contributed by atoms with van der Waals surface area (Å²) in [5.74, 6) is 0.535. The van der Waals surface area contributed by atoms with Gasteiger partial charge in [0.15, 0.2) is 0 Å². The van der Waals surface area contributed by atoms with Gasteiger partial charge in [0.25, 0.3) is 0 Å². The van der Waals surface area contributed by atoms with E-state index in [1.165, 1.54) is 12.1 Å². The van der Waals surface area contributed by atoms with Gasteiger partial charge in [-0.15, -0.1) is 0 Å². The summed E-state index contributed by atoms with van der Waals surface area (Å²) in [6.07, 6.45) is 1.30. The Morgan fingerprint density at radius 2 is 2.07 bits per heavy atom. The van der Waals surface area contributed by atoms with Crippen LogP contribution in [0, 0.1) is 5.82 Å². The third-order valence-electron chi connectivity index (χ3n) is 2.46. The van der Waals surface area contributed by atoms with E-state index >= 15 is 0 Å². The van der Waals surface area contributed by atoms with Crippen LogP contribution in [0.1, 0.15) is 6.42 Å². The summed E-state index contributed by atoms with van der Waals surface area (Å²) in [5.41, 5.74) is 0. The van der Waals surface area contributed by atoms with Crippen LogP contribution in [0.2, 0.25) is 0 Å². The minimum Gasteiger partial charge on any atom is -0.489 e. The molecule has 76 valence electrons. The molecule has 1 aliphatic heterocycles. The quantitative estimate of drug-likeness (QED) is 0.714. The molecule has 0 amide bonds. The number of rotatable bonds is 2. The van der Waals surface area contributed by atoms with Crippen molar-refractivity contribution in [2.24, 2.45) is 0 Å². The molecule has 14 heavy (non-hydrogen) atoms. The van der Waals surface area contributed by atoms with Gasteiger partial charge in [0.2, 0.25) is 0 Å². The number of benzene rings is 1. The molecule has 1 fully saturated rings. The molecule has 0 aliphatic carbocycles. The van der Waals surface area contributed by atoms with Crippen LogP contribution in [0.4, 0.5) is 4.39 Å². The zero-order chi connectivity index (χ0) is 9.97. The predicted octanol–water partition coefficient (Wildman–Crippen LogP) is 1.91. The lowest BCUT2D eigenvalue weighted by Gasteiger charge is -2.13. The summed E-state index contributed by atoms with van der Waals surface area (Å²) in [7, 11) is 2.08. The van der Waals surface area contributed by atoms with Gasteiger partial charge in [-0.05, 0) is 37.7 Å². The number of likely N-dealkylation sites (N-methyl/N-ethyl adjacent to an activating group) is 1. The number of hydrogen-bond donors (Lipinski definition) is 0. The highest BCUT2D eigenvalue weighted by Crippen LogP contribution is 2.17. The molecule has 0 unspecified atom stereocenters. The fraction of sp³-hybridized carbons (Fsp3) is 0.455. The largest absolute Gasteiger partial charge is 0.489 e. The van der Waals surface area contributed by atoms with Crippen LogP contribution in [-0.4, -0.2) is 31.1 Å². The van der Waals surface area contributed by atoms with Crippen molar-refractivity contribution in [1.82, 2.24) is 4.90 Å². The maximum atomic E-state index is 12.6.